The Morgan fingerprint density at radius 3 is 0.673 bits per heavy atom. The van der Waals surface area contributed by atoms with Crippen molar-refractivity contribution in [3.8, 4) is 135 Å². The molecule has 0 aliphatic heterocycles. The molecule has 0 radical (unpaired) electrons. The first kappa shape index (κ1) is 87.6. The van der Waals surface area contributed by atoms with Crippen molar-refractivity contribution in [3.05, 3.63) is 528 Å². The molecular weight excluding hydrogens is 1820 g/mol. The first-order chi connectivity index (χ1) is 74.4. The van der Waals surface area contributed by atoms with Gasteiger partial charge in [-0.25, -0.2) is 44.9 Å². The predicted octanol–water partition coefficient (Wildman–Crippen LogP) is 36.9. The zero-order valence-electron chi connectivity index (χ0n) is 81.3. The standard InChI is InChI=1S/3C47H29N3/c1-3-15-31(16-4-1)41-29-42(32-17-5-2-6-18-32)49-47(48-41)34-20-13-19-33(28-34)45-43-35-21-8-7-14-30(35)26-27-40(43)44-38-24-11-9-22-36(38)37-23-10-12-25-39(37)46(44)50-45;1-3-14-30(15-4-1)42-29-43(31-16-5-2-6-17-31)49-47(48-42)35-21-13-20-34(26-35)45-41-28-33-19-8-7-18-32(33)27-40(41)44-38-24-11-9-22-36(38)37-23-10-12-25-39(37)46(44)50-45;1-3-13-30(14-4-1)42-29-43(31-15-5-2-6-16-31)49-47(48-42)33-25-23-32(24-26-33)45-41-28-35-18-8-7-17-34(35)27-40(41)44-38-21-11-9-19-36(38)37-20-10-12-22-39(37)46(44)50-45/h3*1-29H. The van der Waals surface area contributed by atoms with Crippen LogP contribution in [0.25, 0.3) is 297 Å². The zero-order chi connectivity index (χ0) is 99.1. The lowest BCUT2D eigenvalue weighted by Gasteiger charge is -2.17. The number of pyridine rings is 3. The van der Waals surface area contributed by atoms with Crippen LogP contribution < -0.4 is 0 Å². The Morgan fingerprint density at radius 1 is 0.100 bits per heavy atom. The van der Waals surface area contributed by atoms with E-state index < -0.39 is 0 Å². The third-order valence-corrected chi connectivity index (χ3v) is 29.4. The monoisotopic (exact) mass is 1910 g/mol. The van der Waals surface area contributed by atoms with E-state index in [1.54, 1.807) is 0 Å². The Hall–Kier alpha value is -20.1. The normalized spacial score (nSPS) is 11.6. The molecule has 0 unspecified atom stereocenters. The third kappa shape index (κ3) is 15.7. The van der Waals surface area contributed by atoms with Gasteiger partial charge in [0.1, 0.15) is 0 Å². The largest absolute Gasteiger partial charge is 0.246 e. The molecule has 9 heteroatoms. The Balaban J connectivity index is 0.000000108. The van der Waals surface area contributed by atoms with Crippen molar-refractivity contribution in [3.63, 3.8) is 0 Å². The molecule has 0 saturated heterocycles. The van der Waals surface area contributed by atoms with Gasteiger partial charge in [-0.3, -0.25) is 0 Å². The van der Waals surface area contributed by atoms with Crippen molar-refractivity contribution in [1.82, 2.24) is 44.9 Å². The van der Waals surface area contributed by atoms with Crippen molar-refractivity contribution in [2.45, 2.75) is 0 Å². The summed E-state index contributed by atoms with van der Waals surface area (Å²) in [6.07, 6.45) is 0. The topological polar surface area (TPSA) is 116 Å². The summed E-state index contributed by atoms with van der Waals surface area (Å²) in [6.45, 7) is 0. The number of hydrogen-bond donors (Lipinski definition) is 0. The molecule has 0 amide bonds. The van der Waals surface area contributed by atoms with Gasteiger partial charge in [0.25, 0.3) is 0 Å². The van der Waals surface area contributed by atoms with Gasteiger partial charge in [0.2, 0.25) is 0 Å². The molecule has 0 saturated carbocycles. The van der Waals surface area contributed by atoms with Crippen molar-refractivity contribution in [2.75, 3.05) is 0 Å². The fraction of sp³-hybridized carbons (Fsp3) is 0. The first-order valence-corrected chi connectivity index (χ1v) is 50.9. The molecule has 0 spiro atoms. The number of aromatic nitrogens is 9. The van der Waals surface area contributed by atoms with E-state index in [4.69, 9.17) is 44.9 Å². The van der Waals surface area contributed by atoms with E-state index in [0.717, 1.165) is 167 Å². The van der Waals surface area contributed by atoms with Crippen LogP contribution in [0.5, 0.6) is 0 Å². The Labute approximate surface area is 863 Å². The molecule has 0 fully saturated rings. The van der Waals surface area contributed by atoms with Gasteiger partial charge in [-0.15, -0.1) is 0 Å². The second-order valence-corrected chi connectivity index (χ2v) is 38.3. The van der Waals surface area contributed by atoms with Crippen LogP contribution in [0.2, 0.25) is 0 Å². The summed E-state index contributed by atoms with van der Waals surface area (Å²) in [7, 11) is 0. The average molecular weight is 1910 g/mol. The summed E-state index contributed by atoms with van der Waals surface area (Å²) in [4.78, 5) is 47.4. The van der Waals surface area contributed by atoms with Gasteiger partial charge in [-0.05, 0) is 152 Å². The predicted molar refractivity (Wildman–Crippen MR) is 627 cm³/mol. The second-order valence-electron chi connectivity index (χ2n) is 38.3. The minimum Gasteiger partial charge on any atom is -0.246 e. The fourth-order valence-corrected chi connectivity index (χ4v) is 22.4. The number of rotatable bonds is 12. The van der Waals surface area contributed by atoms with E-state index in [9.17, 15) is 0 Å². The van der Waals surface area contributed by atoms with Crippen molar-refractivity contribution in [2.24, 2.45) is 0 Å². The number of benzene rings is 24. The highest BCUT2D eigenvalue weighted by molar-refractivity contribution is 6.36. The van der Waals surface area contributed by atoms with Gasteiger partial charge >= 0.3 is 0 Å². The van der Waals surface area contributed by atoms with Crippen LogP contribution in [0.3, 0.4) is 0 Å². The quantitative estimate of drug-likeness (QED) is 0.0871. The minimum absolute atomic E-state index is 0.679. The van der Waals surface area contributed by atoms with Gasteiger partial charge in [-0.2, -0.15) is 0 Å². The maximum atomic E-state index is 5.63. The summed E-state index contributed by atoms with van der Waals surface area (Å²) >= 11 is 0. The Morgan fingerprint density at radius 2 is 0.333 bits per heavy atom. The summed E-state index contributed by atoms with van der Waals surface area (Å²) in [5.74, 6) is 2.05. The lowest BCUT2D eigenvalue weighted by Crippen LogP contribution is -1.97. The molecule has 0 N–H and O–H groups in total. The van der Waals surface area contributed by atoms with Crippen LogP contribution >= 0.6 is 0 Å². The SMILES string of the molecule is c1ccc(-c2cc(-c3ccccc3)nc(-c3ccc(-c4nc5c6ccccc6c6ccccc6c5c5cc6ccccc6cc45)cc3)n2)cc1.c1ccc(-c2cc(-c3ccccc3)nc(-c3cccc(-c4nc5c6ccccc6c6ccccc6c5c5cc6ccccc6cc45)c3)n2)cc1.c1ccc(-c2cc(-c3ccccc3)nc(-c3cccc(-c4nc5c6ccccc6c6ccccc6c5c5ccc6ccccc6c45)c3)n2)cc1. The highest BCUT2D eigenvalue weighted by Gasteiger charge is 2.26. The lowest BCUT2D eigenvalue weighted by molar-refractivity contribution is 1.18. The van der Waals surface area contributed by atoms with Gasteiger partial charge in [0, 0.05) is 115 Å². The first-order valence-electron chi connectivity index (χ1n) is 50.9. The van der Waals surface area contributed by atoms with Gasteiger partial charge < -0.3 is 0 Å². The van der Waals surface area contributed by atoms with E-state index in [-0.39, 0.29) is 0 Å². The van der Waals surface area contributed by atoms with E-state index in [1.165, 1.54) is 113 Å². The number of nitrogens with zero attached hydrogens (tertiary/aromatic N) is 9. The Bertz CT molecular complexity index is 10300. The fourth-order valence-electron chi connectivity index (χ4n) is 22.4. The van der Waals surface area contributed by atoms with Gasteiger partial charge in [0.05, 0.1) is 67.8 Å². The number of fused-ring (bicyclic) bond motifs is 28. The maximum absolute atomic E-state index is 5.63. The highest BCUT2D eigenvalue weighted by Crippen LogP contribution is 2.49. The molecule has 30 aromatic rings. The number of hydrogen-bond acceptors (Lipinski definition) is 9. The van der Waals surface area contributed by atoms with Crippen molar-refractivity contribution >= 4 is 162 Å². The molecule has 24 aromatic carbocycles. The van der Waals surface area contributed by atoms with Crippen LogP contribution in [-0.4, -0.2) is 44.9 Å². The molecule has 150 heavy (non-hydrogen) atoms. The third-order valence-electron chi connectivity index (χ3n) is 29.4. The molecule has 0 aliphatic carbocycles. The molecule has 0 aliphatic rings. The molecule has 9 nitrogen and oxygen atoms in total. The van der Waals surface area contributed by atoms with Crippen LogP contribution in [0, 0.1) is 0 Å². The van der Waals surface area contributed by atoms with Gasteiger partial charge in [-0.1, -0.05) is 473 Å². The van der Waals surface area contributed by atoms with Crippen molar-refractivity contribution in [1.29, 1.82) is 0 Å². The summed E-state index contributed by atoms with van der Waals surface area (Å²) in [5.41, 5.74) is 23.5. The van der Waals surface area contributed by atoms with E-state index in [0.29, 0.717) is 17.5 Å². The van der Waals surface area contributed by atoms with Crippen LogP contribution in [-0.2, 0) is 0 Å². The highest BCUT2D eigenvalue weighted by atomic mass is 14.9. The van der Waals surface area contributed by atoms with Crippen LogP contribution in [0.4, 0.5) is 0 Å². The second kappa shape index (κ2) is 37.2. The van der Waals surface area contributed by atoms with Gasteiger partial charge in [0.15, 0.2) is 17.5 Å². The molecule has 6 aromatic heterocycles. The summed E-state index contributed by atoms with van der Waals surface area (Å²) < 4.78 is 0. The average Bonchev–Trinajstić information content (AvgIpc) is 0.682. The van der Waals surface area contributed by atoms with E-state index in [1.807, 2.05) is 109 Å². The van der Waals surface area contributed by atoms with Crippen molar-refractivity contribution < 1.29 is 0 Å². The molecular formula is C141H87N9. The smallest absolute Gasteiger partial charge is 0.160 e. The summed E-state index contributed by atoms with van der Waals surface area (Å²) in [6, 6.07) is 186. The molecule has 30 rings (SSSR count). The van der Waals surface area contributed by atoms with E-state index >= 15 is 0 Å². The van der Waals surface area contributed by atoms with Crippen LogP contribution in [0.1, 0.15) is 0 Å². The molecule has 0 bridgehead atoms. The molecule has 696 valence electrons. The molecule has 0 atom stereocenters. The maximum Gasteiger partial charge on any atom is 0.160 e. The zero-order valence-corrected chi connectivity index (χ0v) is 81.3. The summed E-state index contributed by atoms with van der Waals surface area (Å²) in [5, 5.41) is 32.3. The van der Waals surface area contributed by atoms with E-state index in [2.05, 4.69) is 419 Å². The molecule has 6 heterocycles. The Kier molecular flexibility index (Phi) is 21.8. The van der Waals surface area contributed by atoms with Crippen LogP contribution in [0.15, 0.2) is 528 Å². The lowest BCUT2D eigenvalue weighted by atomic mass is 9.90. The minimum atomic E-state index is 0.679.